The van der Waals surface area contributed by atoms with E-state index in [9.17, 15) is 14.4 Å². The number of hydrogen-bond acceptors (Lipinski definition) is 3. The lowest BCUT2D eigenvalue weighted by atomic mass is 10.1. The summed E-state index contributed by atoms with van der Waals surface area (Å²) in [5.41, 5.74) is 5.23. The zero-order valence-corrected chi connectivity index (χ0v) is 20.4. The number of carbonyl (C=O) groups is 3. The van der Waals surface area contributed by atoms with Crippen molar-refractivity contribution in [1.29, 1.82) is 0 Å². The fourth-order valence-corrected chi connectivity index (χ4v) is 3.95. The van der Waals surface area contributed by atoms with E-state index in [1.54, 1.807) is 60.7 Å². The Morgan fingerprint density at radius 3 is 2.35 bits per heavy atom. The summed E-state index contributed by atoms with van der Waals surface area (Å²) in [5, 5.41) is 6.37. The van der Waals surface area contributed by atoms with Gasteiger partial charge in [0.25, 0.3) is 5.91 Å². The molecular weight excluding hydrogens is 520 g/mol. The average molecular weight is 540 g/mol. The van der Waals surface area contributed by atoms with Crippen molar-refractivity contribution in [1.82, 2.24) is 4.68 Å². The number of carbonyl (C=O) groups excluding carboxylic acids is 3. The quantitative estimate of drug-likeness (QED) is 0.289. The van der Waals surface area contributed by atoms with Crippen molar-refractivity contribution in [3.63, 3.8) is 0 Å². The van der Waals surface area contributed by atoms with Gasteiger partial charge in [0, 0.05) is 15.5 Å². The van der Waals surface area contributed by atoms with Crippen LogP contribution in [0.1, 0.15) is 23.0 Å². The van der Waals surface area contributed by atoms with Crippen molar-refractivity contribution in [2.24, 2.45) is 0 Å². The molecule has 7 nitrogen and oxygen atoms in total. The van der Waals surface area contributed by atoms with Crippen LogP contribution in [0.3, 0.4) is 0 Å². The summed E-state index contributed by atoms with van der Waals surface area (Å²) in [4.78, 5) is 38.4. The van der Waals surface area contributed by atoms with Crippen molar-refractivity contribution >= 4 is 67.5 Å². The van der Waals surface area contributed by atoms with E-state index in [0.29, 0.717) is 27.3 Å². The number of anilines is 2. The molecule has 0 aliphatic heterocycles. The normalized spacial score (nSPS) is 10.7. The lowest BCUT2D eigenvalue weighted by Crippen LogP contribution is -2.36. The van der Waals surface area contributed by atoms with Gasteiger partial charge >= 0.3 is 11.8 Å². The third kappa shape index (κ3) is 5.13. The molecule has 0 aliphatic rings. The molecule has 0 saturated carbocycles. The highest BCUT2D eigenvalue weighted by atomic mass is 79.9. The molecule has 0 saturated heterocycles. The minimum atomic E-state index is -0.924. The number of nitrogens with zero attached hydrogens (tertiary/aromatic N) is 1. The van der Waals surface area contributed by atoms with Gasteiger partial charge in [-0.05, 0) is 60.5 Å². The van der Waals surface area contributed by atoms with Gasteiger partial charge in [-0.1, -0.05) is 58.7 Å². The second-order valence-electron chi connectivity index (χ2n) is 7.45. The van der Waals surface area contributed by atoms with Crippen LogP contribution < -0.4 is 16.1 Å². The monoisotopic (exact) mass is 538 g/mol. The number of para-hydroxylation sites is 1. The minimum absolute atomic E-state index is 0.126. The van der Waals surface area contributed by atoms with Crippen LogP contribution in [-0.4, -0.2) is 22.4 Å². The van der Waals surface area contributed by atoms with Crippen molar-refractivity contribution in [3.05, 3.63) is 93.5 Å². The van der Waals surface area contributed by atoms with E-state index in [-0.39, 0.29) is 5.69 Å². The molecule has 3 amide bonds. The number of halogens is 2. The average Bonchev–Trinajstić information content (AvgIpc) is 3.18. The zero-order valence-electron chi connectivity index (χ0n) is 18.1. The van der Waals surface area contributed by atoms with Crippen molar-refractivity contribution < 1.29 is 14.4 Å². The van der Waals surface area contributed by atoms with Gasteiger partial charge in [0.05, 0.1) is 16.2 Å². The van der Waals surface area contributed by atoms with Gasteiger partial charge in [0.15, 0.2) is 0 Å². The van der Waals surface area contributed by atoms with Crippen LogP contribution in [0, 0.1) is 0 Å². The smallest absolute Gasteiger partial charge is 0.319 e. The lowest BCUT2D eigenvalue weighted by molar-refractivity contribution is -0.133. The molecule has 0 atom stereocenters. The number of fused-ring (bicyclic) bond motifs is 1. The molecule has 3 N–H and O–H groups in total. The molecule has 0 unspecified atom stereocenters. The summed E-state index contributed by atoms with van der Waals surface area (Å²) in [6.07, 6.45) is 0.866. The molecule has 34 heavy (non-hydrogen) atoms. The van der Waals surface area contributed by atoms with Crippen molar-refractivity contribution in [3.8, 4) is 0 Å². The van der Waals surface area contributed by atoms with Gasteiger partial charge < -0.3 is 10.6 Å². The van der Waals surface area contributed by atoms with Gasteiger partial charge in [0.1, 0.15) is 5.69 Å². The first kappa shape index (κ1) is 23.5. The Kier molecular flexibility index (Phi) is 7.00. The van der Waals surface area contributed by atoms with Gasteiger partial charge in [0.2, 0.25) is 0 Å². The predicted octanol–water partition coefficient (Wildman–Crippen LogP) is 5.58. The third-order valence-electron chi connectivity index (χ3n) is 5.16. The maximum Gasteiger partial charge on any atom is 0.328 e. The molecule has 4 aromatic rings. The van der Waals surface area contributed by atoms with Crippen LogP contribution in [0.4, 0.5) is 11.4 Å². The minimum Gasteiger partial charge on any atom is -0.319 e. The van der Waals surface area contributed by atoms with Crippen LogP contribution in [-0.2, 0) is 16.0 Å². The molecule has 0 fully saturated rings. The van der Waals surface area contributed by atoms with E-state index in [0.717, 1.165) is 16.5 Å². The number of nitrogens with one attached hydrogen (secondary N) is 3. The topological polar surface area (TPSA) is 92.2 Å². The summed E-state index contributed by atoms with van der Waals surface area (Å²) in [5.74, 6) is -2.29. The molecule has 0 radical (unpaired) electrons. The Labute approximate surface area is 209 Å². The number of benzene rings is 3. The van der Waals surface area contributed by atoms with E-state index in [1.165, 1.54) is 4.68 Å². The summed E-state index contributed by atoms with van der Waals surface area (Å²) in [7, 11) is 0. The largest absolute Gasteiger partial charge is 0.328 e. The first-order valence-corrected chi connectivity index (χ1v) is 11.6. The summed E-state index contributed by atoms with van der Waals surface area (Å²) >= 11 is 9.58. The number of aryl methyl sites for hydroxylation is 1. The third-order valence-corrected chi connectivity index (χ3v) is 5.98. The van der Waals surface area contributed by atoms with E-state index in [1.807, 2.05) is 19.1 Å². The highest BCUT2D eigenvalue weighted by Gasteiger charge is 2.21. The maximum absolute atomic E-state index is 13.1. The van der Waals surface area contributed by atoms with Crippen molar-refractivity contribution in [2.75, 3.05) is 16.1 Å². The molecule has 1 heterocycles. The molecule has 0 bridgehead atoms. The Balaban J connectivity index is 1.61. The van der Waals surface area contributed by atoms with E-state index in [4.69, 9.17) is 11.6 Å². The van der Waals surface area contributed by atoms with Crippen LogP contribution in [0.2, 0.25) is 5.02 Å². The highest BCUT2D eigenvalue weighted by molar-refractivity contribution is 9.10. The fraction of sp³-hybridized carbons (Fsp3) is 0.0800. The summed E-state index contributed by atoms with van der Waals surface area (Å²) in [6.45, 7) is 2.03. The Bertz CT molecular complexity index is 1400. The first-order valence-electron chi connectivity index (χ1n) is 10.4. The Morgan fingerprint density at radius 1 is 0.912 bits per heavy atom. The lowest BCUT2D eigenvalue weighted by Gasteiger charge is -2.13. The van der Waals surface area contributed by atoms with Crippen LogP contribution >= 0.6 is 27.5 Å². The number of hydrogen-bond donors (Lipinski definition) is 3. The van der Waals surface area contributed by atoms with Gasteiger partial charge in [-0.15, -0.1) is 0 Å². The highest BCUT2D eigenvalue weighted by Crippen LogP contribution is 2.25. The molecule has 0 spiro atoms. The van der Waals surface area contributed by atoms with Crippen LogP contribution in [0.5, 0.6) is 0 Å². The maximum atomic E-state index is 13.1. The number of amides is 3. The van der Waals surface area contributed by atoms with Gasteiger partial charge in [-0.25, -0.2) is 4.68 Å². The Hall–Kier alpha value is -3.62. The van der Waals surface area contributed by atoms with Gasteiger partial charge in [-0.3, -0.25) is 19.8 Å². The Morgan fingerprint density at radius 2 is 1.65 bits per heavy atom. The van der Waals surface area contributed by atoms with E-state index < -0.39 is 17.7 Å². The molecule has 9 heteroatoms. The molecule has 172 valence electrons. The van der Waals surface area contributed by atoms with Crippen LogP contribution in [0.25, 0.3) is 10.9 Å². The zero-order chi connectivity index (χ0) is 24.2. The van der Waals surface area contributed by atoms with Crippen LogP contribution in [0.15, 0.2) is 77.3 Å². The molecule has 3 aromatic carbocycles. The van der Waals surface area contributed by atoms with E-state index >= 15 is 0 Å². The summed E-state index contributed by atoms with van der Waals surface area (Å²) in [6, 6.07) is 21.0. The van der Waals surface area contributed by atoms with Gasteiger partial charge in [-0.2, -0.15) is 0 Å². The second kappa shape index (κ2) is 10.1. The molecular formula is C25H20BrClN4O3. The molecule has 1 aromatic heterocycles. The number of rotatable bonds is 5. The second-order valence-corrected chi connectivity index (χ2v) is 8.77. The first-order chi connectivity index (χ1) is 16.4. The predicted molar refractivity (Wildman–Crippen MR) is 138 cm³/mol. The standard InChI is InChI=1S/C25H20BrClN4O3/c1-2-15-7-10-18(11-8-15)28-24(33)25(34)30-31-21-12-9-17(26)13-16(21)14-22(31)23(32)29-20-6-4-3-5-19(20)27/h3-14H,2H2,1H3,(H,28,33)(H,29,32)(H,30,34). The fourth-order valence-electron chi connectivity index (χ4n) is 3.39. The number of aromatic nitrogens is 1. The van der Waals surface area contributed by atoms with E-state index in [2.05, 4.69) is 32.0 Å². The molecule has 4 rings (SSSR count). The molecule has 0 aliphatic carbocycles. The van der Waals surface area contributed by atoms with Crippen molar-refractivity contribution in [2.45, 2.75) is 13.3 Å². The summed E-state index contributed by atoms with van der Waals surface area (Å²) < 4.78 is 2.09. The SMILES string of the molecule is CCc1ccc(NC(=O)C(=O)Nn2c(C(=O)Nc3ccccc3Cl)cc3cc(Br)ccc32)cc1.